The van der Waals surface area contributed by atoms with Crippen LogP contribution in [0.15, 0.2) is 47.4 Å². The minimum atomic E-state index is -0.405. The number of thioether (sulfide) groups is 1. The van der Waals surface area contributed by atoms with Crippen molar-refractivity contribution in [2.24, 2.45) is 5.84 Å². The molecule has 0 radical (unpaired) electrons. The summed E-state index contributed by atoms with van der Waals surface area (Å²) >= 11 is 7.37. The second-order valence-electron chi connectivity index (χ2n) is 4.44. The average Bonchev–Trinajstić information content (AvgIpc) is 2.48. The largest absolute Gasteiger partial charge is 0.271 e. The van der Waals surface area contributed by atoms with Gasteiger partial charge in [-0.25, -0.2) is 4.39 Å². The third-order valence-corrected chi connectivity index (χ3v) is 4.19. The smallest absolute Gasteiger partial charge is 0.142 e. The third kappa shape index (κ3) is 3.73. The van der Waals surface area contributed by atoms with Gasteiger partial charge < -0.3 is 0 Å². The molecule has 0 bridgehead atoms. The number of nitrogens with two attached hydrogens (primary N) is 1. The predicted octanol–water partition coefficient (Wildman–Crippen LogP) is 3.95. The van der Waals surface area contributed by atoms with Gasteiger partial charge in [0.15, 0.2) is 0 Å². The summed E-state index contributed by atoms with van der Waals surface area (Å²) in [6, 6.07) is 12.9. The van der Waals surface area contributed by atoms with Crippen molar-refractivity contribution in [3.63, 3.8) is 0 Å². The van der Waals surface area contributed by atoms with Crippen molar-refractivity contribution < 1.29 is 4.39 Å². The zero-order valence-corrected chi connectivity index (χ0v) is 12.6. The lowest BCUT2D eigenvalue weighted by atomic mass is 9.99. The predicted molar refractivity (Wildman–Crippen MR) is 83.4 cm³/mol. The minimum absolute atomic E-state index is 0.0634. The second-order valence-corrected chi connectivity index (χ2v) is 5.73. The van der Waals surface area contributed by atoms with Gasteiger partial charge in [-0.05, 0) is 48.1 Å². The van der Waals surface area contributed by atoms with Gasteiger partial charge in [0.05, 0.1) is 5.02 Å². The fourth-order valence-electron chi connectivity index (χ4n) is 2.01. The summed E-state index contributed by atoms with van der Waals surface area (Å²) in [7, 11) is 0. The van der Waals surface area contributed by atoms with Crippen molar-refractivity contribution in [2.75, 3.05) is 6.26 Å². The lowest BCUT2D eigenvalue weighted by Crippen LogP contribution is -2.29. The quantitative estimate of drug-likeness (QED) is 0.499. The van der Waals surface area contributed by atoms with Gasteiger partial charge in [0.25, 0.3) is 0 Å². The SMILES string of the molecule is CSc1ccc(C(Cc2ccc(Cl)c(F)c2)NN)cc1. The van der Waals surface area contributed by atoms with Crippen molar-refractivity contribution in [1.29, 1.82) is 0 Å². The Hall–Kier alpha value is -1.07. The Morgan fingerprint density at radius 2 is 1.95 bits per heavy atom. The van der Waals surface area contributed by atoms with E-state index in [1.54, 1.807) is 17.8 Å². The number of hydrogen-bond donors (Lipinski definition) is 2. The Morgan fingerprint density at radius 1 is 1.25 bits per heavy atom. The highest BCUT2D eigenvalue weighted by Crippen LogP contribution is 2.23. The van der Waals surface area contributed by atoms with Crippen LogP contribution in [0, 0.1) is 5.82 Å². The number of halogens is 2. The van der Waals surface area contributed by atoms with Crippen molar-refractivity contribution in [3.05, 3.63) is 64.4 Å². The molecule has 0 saturated heterocycles. The highest BCUT2D eigenvalue weighted by Gasteiger charge is 2.12. The molecule has 1 atom stereocenters. The van der Waals surface area contributed by atoms with Gasteiger partial charge in [-0.15, -0.1) is 11.8 Å². The molecule has 0 spiro atoms. The molecule has 0 heterocycles. The van der Waals surface area contributed by atoms with Gasteiger partial charge in [-0.1, -0.05) is 29.8 Å². The van der Waals surface area contributed by atoms with Gasteiger partial charge >= 0.3 is 0 Å². The first-order valence-electron chi connectivity index (χ1n) is 6.18. The summed E-state index contributed by atoms with van der Waals surface area (Å²) < 4.78 is 13.4. The van der Waals surface area contributed by atoms with Gasteiger partial charge in [0, 0.05) is 10.9 Å². The summed E-state index contributed by atoms with van der Waals surface area (Å²) in [5, 5.41) is 0.135. The second kappa shape index (κ2) is 7.09. The van der Waals surface area contributed by atoms with E-state index in [2.05, 4.69) is 5.43 Å². The van der Waals surface area contributed by atoms with E-state index in [1.165, 1.54) is 11.0 Å². The van der Waals surface area contributed by atoms with Crippen LogP contribution < -0.4 is 11.3 Å². The molecule has 106 valence electrons. The first kappa shape index (κ1) is 15.3. The topological polar surface area (TPSA) is 38.0 Å². The monoisotopic (exact) mass is 310 g/mol. The molecular formula is C15H16ClFN2S. The van der Waals surface area contributed by atoms with Gasteiger partial charge in [-0.2, -0.15) is 0 Å². The maximum atomic E-state index is 13.4. The van der Waals surface area contributed by atoms with Crippen LogP contribution in [-0.2, 0) is 6.42 Å². The lowest BCUT2D eigenvalue weighted by Gasteiger charge is -2.17. The highest BCUT2D eigenvalue weighted by molar-refractivity contribution is 7.98. The molecule has 3 N–H and O–H groups in total. The van der Waals surface area contributed by atoms with E-state index in [1.807, 2.05) is 36.6 Å². The van der Waals surface area contributed by atoms with Crippen molar-refractivity contribution in [3.8, 4) is 0 Å². The molecule has 0 amide bonds. The van der Waals surface area contributed by atoms with Crippen LogP contribution in [0.3, 0.4) is 0 Å². The van der Waals surface area contributed by atoms with E-state index in [0.29, 0.717) is 6.42 Å². The zero-order chi connectivity index (χ0) is 14.5. The standard InChI is InChI=1S/C15H16ClFN2S/c1-20-12-5-3-11(4-6-12)15(19-18)9-10-2-7-13(16)14(17)8-10/h2-8,15,19H,9,18H2,1H3. The fraction of sp³-hybridized carbons (Fsp3) is 0.200. The van der Waals surface area contributed by atoms with E-state index < -0.39 is 5.82 Å². The number of hydrazine groups is 1. The molecule has 0 aliphatic heterocycles. The first-order valence-corrected chi connectivity index (χ1v) is 7.78. The Balaban J connectivity index is 2.16. The van der Waals surface area contributed by atoms with Crippen LogP contribution in [0.5, 0.6) is 0 Å². The van der Waals surface area contributed by atoms with E-state index in [4.69, 9.17) is 17.4 Å². The normalized spacial score (nSPS) is 12.4. The number of hydrogen-bond acceptors (Lipinski definition) is 3. The Bertz CT molecular complexity index is 575. The molecule has 2 rings (SSSR count). The summed E-state index contributed by atoms with van der Waals surface area (Å²) in [5.41, 5.74) is 4.70. The van der Waals surface area contributed by atoms with Gasteiger partial charge in [0.1, 0.15) is 5.82 Å². The van der Waals surface area contributed by atoms with Crippen LogP contribution in [0.25, 0.3) is 0 Å². The molecule has 5 heteroatoms. The molecule has 0 saturated carbocycles. The molecule has 2 aromatic carbocycles. The van der Waals surface area contributed by atoms with Crippen LogP contribution >= 0.6 is 23.4 Å². The molecule has 0 aromatic heterocycles. The van der Waals surface area contributed by atoms with Gasteiger partial charge in [-0.3, -0.25) is 11.3 Å². The fourth-order valence-corrected chi connectivity index (χ4v) is 2.54. The number of benzene rings is 2. The maximum Gasteiger partial charge on any atom is 0.142 e. The van der Waals surface area contributed by atoms with E-state index in [0.717, 1.165) is 11.1 Å². The molecule has 0 aliphatic carbocycles. The third-order valence-electron chi connectivity index (χ3n) is 3.14. The van der Waals surface area contributed by atoms with Crippen molar-refractivity contribution in [1.82, 2.24) is 5.43 Å². The molecule has 0 fully saturated rings. The van der Waals surface area contributed by atoms with E-state index >= 15 is 0 Å². The van der Waals surface area contributed by atoms with Crippen molar-refractivity contribution in [2.45, 2.75) is 17.4 Å². The molecule has 2 nitrogen and oxygen atoms in total. The average molecular weight is 311 g/mol. The number of nitrogens with one attached hydrogen (secondary N) is 1. The summed E-state index contributed by atoms with van der Waals surface area (Å²) in [6.07, 6.45) is 2.63. The lowest BCUT2D eigenvalue weighted by molar-refractivity contribution is 0.548. The zero-order valence-electron chi connectivity index (χ0n) is 11.1. The van der Waals surface area contributed by atoms with E-state index in [9.17, 15) is 4.39 Å². The molecule has 2 aromatic rings. The Morgan fingerprint density at radius 3 is 2.50 bits per heavy atom. The summed E-state index contributed by atoms with van der Waals surface area (Å²) in [5.74, 6) is 5.21. The summed E-state index contributed by atoms with van der Waals surface area (Å²) in [4.78, 5) is 1.20. The van der Waals surface area contributed by atoms with Crippen LogP contribution in [0.1, 0.15) is 17.2 Å². The highest BCUT2D eigenvalue weighted by atomic mass is 35.5. The molecule has 20 heavy (non-hydrogen) atoms. The summed E-state index contributed by atoms with van der Waals surface area (Å²) in [6.45, 7) is 0. The molecule has 0 aliphatic rings. The van der Waals surface area contributed by atoms with Crippen LogP contribution in [-0.4, -0.2) is 6.26 Å². The molecule has 1 unspecified atom stereocenters. The maximum absolute atomic E-state index is 13.4. The van der Waals surface area contributed by atoms with Gasteiger partial charge in [0.2, 0.25) is 0 Å². The van der Waals surface area contributed by atoms with Crippen LogP contribution in [0.4, 0.5) is 4.39 Å². The van der Waals surface area contributed by atoms with Crippen LogP contribution in [0.2, 0.25) is 5.02 Å². The Labute approximate surface area is 127 Å². The first-order chi connectivity index (χ1) is 9.63. The minimum Gasteiger partial charge on any atom is -0.271 e. The Kier molecular flexibility index (Phi) is 5.43. The van der Waals surface area contributed by atoms with Crippen molar-refractivity contribution >= 4 is 23.4 Å². The molecular weight excluding hydrogens is 295 g/mol. The van der Waals surface area contributed by atoms with E-state index in [-0.39, 0.29) is 11.1 Å². The number of rotatable bonds is 5.